The van der Waals surface area contributed by atoms with Crippen molar-refractivity contribution in [1.29, 1.82) is 0 Å². The minimum atomic E-state index is -0.499. The van der Waals surface area contributed by atoms with Crippen LogP contribution >= 0.6 is 11.6 Å². The molecule has 0 atom stereocenters. The van der Waals surface area contributed by atoms with Crippen molar-refractivity contribution in [2.75, 3.05) is 7.11 Å². The third-order valence-electron chi connectivity index (χ3n) is 2.98. The number of halogens is 2. The average molecular weight is 293 g/mol. The normalized spacial score (nSPS) is 10.3. The zero-order valence-electron chi connectivity index (χ0n) is 11.0. The van der Waals surface area contributed by atoms with Crippen molar-refractivity contribution in [3.05, 3.63) is 64.4 Å². The second-order valence-electron chi connectivity index (χ2n) is 4.45. The van der Waals surface area contributed by atoms with Gasteiger partial charge in [-0.05, 0) is 29.3 Å². The van der Waals surface area contributed by atoms with Crippen LogP contribution in [0, 0.1) is 5.82 Å². The monoisotopic (exact) mass is 292 g/mol. The fourth-order valence-corrected chi connectivity index (χ4v) is 2.12. The zero-order chi connectivity index (χ0) is 14.5. The lowest BCUT2D eigenvalue weighted by molar-refractivity contribution is -0.117. The van der Waals surface area contributed by atoms with Crippen molar-refractivity contribution >= 4 is 17.4 Å². The number of carbonyl (C=O) groups excluding carboxylic acids is 1. The molecule has 0 aliphatic heterocycles. The molecule has 0 saturated carbocycles. The summed E-state index contributed by atoms with van der Waals surface area (Å²) in [6, 6.07) is 11.8. The van der Waals surface area contributed by atoms with Crippen LogP contribution in [-0.4, -0.2) is 12.9 Å². The van der Waals surface area contributed by atoms with Gasteiger partial charge in [-0.3, -0.25) is 4.79 Å². The van der Waals surface area contributed by atoms with Crippen LogP contribution in [0.4, 0.5) is 4.39 Å². The van der Waals surface area contributed by atoms with Gasteiger partial charge in [0, 0.05) is 12.8 Å². The van der Waals surface area contributed by atoms with Crippen molar-refractivity contribution in [3.8, 4) is 5.75 Å². The van der Waals surface area contributed by atoms with Crippen LogP contribution < -0.4 is 4.74 Å². The Morgan fingerprint density at radius 1 is 1.15 bits per heavy atom. The van der Waals surface area contributed by atoms with Crippen molar-refractivity contribution < 1.29 is 13.9 Å². The number of hydrogen-bond donors (Lipinski definition) is 0. The molecule has 2 aromatic carbocycles. The van der Waals surface area contributed by atoms with E-state index in [9.17, 15) is 9.18 Å². The molecule has 4 heteroatoms. The summed E-state index contributed by atoms with van der Waals surface area (Å²) in [4.78, 5) is 12.0. The molecule has 0 fully saturated rings. The molecule has 0 amide bonds. The Morgan fingerprint density at radius 3 is 2.50 bits per heavy atom. The lowest BCUT2D eigenvalue weighted by Gasteiger charge is -2.05. The standard InChI is InChI=1S/C16H14ClFO2/c1-20-14-7-5-11(6-8-14)9-13(19)10-12-3-2-4-15(18)16(12)17/h2-8H,9-10H2,1H3. The molecule has 0 unspecified atom stereocenters. The summed E-state index contributed by atoms with van der Waals surface area (Å²) in [5.74, 6) is 0.235. The Balaban J connectivity index is 2.03. The third-order valence-corrected chi connectivity index (χ3v) is 3.40. The molecule has 2 nitrogen and oxygen atoms in total. The van der Waals surface area contributed by atoms with Gasteiger partial charge in [0.05, 0.1) is 12.1 Å². The molecule has 2 rings (SSSR count). The summed E-state index contributed by atoms with van der Waals surface area (Å²) in [6.45, 7) is 0. The van der Waals surface area contributed by atoms with E-state index >= 15 is 0 Å². The first-order valence-electron chi connectivity index (χ1n) is 6.17. The highest BCUT2D eigenvalue weighted by atomic mass is 35.5. The van der Waals surface area contributed by atoms with Gasteiger partial charge in [-0.2, -0.15) is 0 Å². The molecule has 0 saturated heterocycles. The van der Waals surface area contributed by atoms with Crippen LogP contribution in [0.1, 0.15) is 11.1 Å². The molecule has 0 N–H and O–H groups in total. The van der Waals surface area contributed by atoms with E-state index in [1.54, 1.807) is 31.4 Å². The maximum atomic E-state index is 13.3. The van der Waals surface area contributed by atoms with E-state index in [-0.39, 0.29) is 23.6 Å². The number of carbonyl (C=O) groups is 1. The molecular formula is C16H14ClFO2. The van der Waals surface area contributed by atoms with Gasteiger partial charge in [-0.25, -0.2) is 4.39 Å². The van der Waals surface area contributed by atoms with Gasteiger partial charge < -0.3 is 4.74 Å². The predicted octanol–water partition coefficient (Wildman–Crippen LogP) is 3.84. The fraction of sp³-hybridized carbons (Fsp3) is 0.188. The van der Waals surface area contributed by atoms with Crippen molar-refractivity contribution in [2.45, 2.75) is 12.8 Å². The molecule has 0 spiro atoms. The first-order valence-corrected chi connectivity index (χ1v) is 6.55. The second-order valence-corrected chi connectivity index (χ2v) is 4.83. The smallest absolute Gasteiger partial charge is 0.142 e. The van der Waals surface area contributed by atoms with Crippen LogP contribution in [0.15, 0.2) is 42.5 Å². The summed E-state index contributed by atoms with van der Waals surface area (Å²) >= 11 is 5.84. The number of rotatable bonds is 5. The Hall–Kier alpha value is -1.87. The zero-order valence-corrected chi connectivity index (χ0v) is 11.8. The maximum Gasteiger partial charge on any atom is 0.142 e. The summed E-state index contributed by atoms with van der Waals surface area (Å²) in [5, 5.41) is 0.0237. The molecule has 0 radical (unpaired) electrons. The number of Topliss-reactive ketones (excluding diaryl/α,β-unsaturated/α-hetero) is 1. The minimum absolute atomic E-state index is 0.0114. The second kappa shape index (κ2) is 6.53. The van der Waals surface area contributed by atoms with Gasteiger partial charge >= 0.3 is 0 Å². The Morgan fingerprint density at radius 2 is 1.85 bits per heavy atom. The van der Waals surface area contributed by atoms with Crippen LogP contribution in [0.25, 0.3) is 0 Å². The third kappa shape index (κ3) is 3.58. The van der Waals surface area contributed by atoms with Crippen LogP contribution in [-0.2, 0) is 17.6 Å². The van der Waals surface area contributed by atoms with Crippen LogP contribution in [0.3, 0.4) is 0 Å². The average Bonchev–Trinajstić information content (AvgIpc) is 2.45. The molecule has 0 aliphatic carbocycles. The molecule has 0 heterocycles. The van der Waals surface area contributed by atoms with Crippen molar-refractivity contribution in [2.24, 2.45) is 0 Å². The SMILES string of the molecule is COc1ccc(CC(=O)Cc2cccc(F)c2Cl)cc1. The lowest BCUT2D eigenvalue weighted by Crippen LogP contribution is -2.07. The van der Waals surface area contributed by atoms with Gasteiger partial charge in [-0.1, -0.05) is 35.9 Å². The van der Waals surface area contributed by atoms with E-state index in [1.165, 1.54) is 6.07 Å². The number of ketones is 1. The van der Waals surface area contributed by atoms with E-state index in [0.29, 0.717) is 5.56 Å². The highest BCUT2D eigenvalue weighted by Crippen LogP contribution is 2.21. The van der Waals surface area contributed by atoms with Gasteiger partial charge in [0.25, 0.3) is 0 Å². The largest absolute Gasteiger partial charge is 0.497 e. The molecule has 2 aromatic rings. The number of benzene rings is 2. The molecule has 0 aromatic heterocycles. The molecular weight excluding hydrogens is 279 g/mol. The summed E-state index contributed by atoms with van der Waals surface area (Å²) in [5.41, 5.74) is 1.41. The molecule has 0 aliphatic rings. The van der Waals surface area contributed by atoms with Crippen molar-refractivity contribution in [1.82, 2.24) is 0 Å². The molecule has 0 bridgehead atoms. The maximum absolute atomic E-state index is 13.3. The predicted molar refractivity (Wildman–Crippen MR) is 76.8 cm³/mol. The topological polar surface area (TPSA) is 26.3 Å². The van der Waals surface area contributed by atoms with Gasteiger partial charge in [0.15, 0.2) is 0 Å². The minimum Gasteiger partial charge on any atom is -0.497 e. The van der Waals surface area contributed by atoms with E-state index in [4.69, 9.17) is 16.3 Å². The van der Waals surface area contributed by atoms with Gasteiger partial charge in [0.2, 0.25) is 0 Å². The Kier molecular flexibility index (Phi) is 4.74. The Labute approximate surface area is 122 Å². The number of ether oxygens (including phenoxy) is 1. The summed E-state index contributed by atoms with van der Waals surface area (Å²) in [6.07, 6.45) is 0.416. The first kappa shape index (κ1) is 14.5. The van der Waals surface area contributed by atoms with Crippen LogP contribution in [0.2, 0.25) is 5.02 Å². The highest BCUT2D eigenvalue weighted by molar-refractivity contribution is 6.31. The number of hydrogen-bond acceptors (Lipinski definition) is 2. The van der Waals surface area contributed by atoms with Crippen molar-refractivity contribution in [3.63, 3.8) is 0 Å². The fourth-order valence-electron chi connectivity index (χ4n) is 1.93. The first-order chi connectivity index (χ1) is 9.60. The van der Waals surface area contributed by atoms with E-state index in [1.807, 2.05) is 12.1 Å². The summed E-state index contributed by atoms with van der Waals surface area (Å²) < 4.78 is 18.3. The van der Waals surface area contributed by atoms with Gasteiger partial charge in [0.1, 0.15) is 17.3 Å². The molecule has 20 heavy (non-hydrogen) atoms. The lowest BCUT2D eigenvalue weighted by atomic mass is 10.0. The van der Waals surface area contributed by atoms with Crippen LogP contribution in [0.5, 0.6) is 5.75 Å². The van der Waals surface area contributed by atoms with Gasteiger partial charge in [-0.15, -0.1) is 0 Å². The van der Waals surface area contributed by atoms with E-state index < -0.39 is 5.82 Å². The quantitative estimate of drug-likeness (QED) is 0.837. The van der Waals surface area contributed by atoms with E-state index in [0.717, 1.165) is 11.3 Å². The number of methoxy groups -OCH3 is 1. The Bertz CT molecular complexity index is 608. The van der Waals surface area contributed by atoms with E-state index in [2.05, 4.69) is 0 Å². The summed E-state index contributed by atoms with van der Waals surface area (Å²) in [7, 11) is 1.59. The molecule has 104 valence electrons. The highest BCUT2D eigenvalue weighted by Gasteiger charge is 2.11.